The Morgan fingerprint density at radius 3 is 2.92 bits per heavy atom. The molecule has 2 unspecified atom stereocenters. The van der Waals surface area contributed by atoms with E-state index in [1.54, 1.807) is 6.08 Å². The number of halogens is 1. The summed E-state index contributed by atoms with van der Waals surface area (Å²) in [4.78, 5) is 0. The summed E-state index contributed by atoms with van der Waals surface area (Å²) in [7, 11) is 0. The number of hydrogen-bond donors (Lipinski definition) is 2. The van der Waals surface area contributed by atoms with Crippen LogP contribution in [0.4, 0.5) is 0 Å². The Labute approximate surface area is 87.5 Å². The average Bonchev–Trinajstić information content (AvgIpc) is 2.10. The van der Waals surface area contributed by atoms with Crippen LogP contribution < -0.4 is 11.5 Å². The first-order valence-electron chi connectivity index (χ1n) is 4.22. The molecule has 72 valence electrons. The average molecular weight is 243 g/mol. The largest absolute Gasteiger partial charge is 0.322 e. The lowest BCUT2D eigenvalue weighted by Gasteiger charge is -2.35. The molecule has 0 aromatic carbocycles. The van der Waals surface area contributed by atoms with Gasteiger partial charge < -0.3 is 11.5 Å². The predicted molar refractivity (Wildman–Crippen MR) is 60.5 cm³/mol. The fourth-order valence-corrected chi connectivity index (χ4v) is 1.84. The van der Waals surface area contributed by atoms with Crippen molar-refractivity contribution in [3.8, 4) is 0 Å². The van der Waals surface area contributed by atoms with E-state index in [0.717, 1.165) is 10.1 Å². The topological polar surface area (TPSA) is 52.0 Å². The smallest absolute Gasteiger partial charge is 0.0570 e. The first-order chi connectivity index (χ1) is 6.01. The molecule has 0 amide bonds. The van der Waals surface area contributed by atoms with Crippen molar-refractivity contribution in [1.82, 2.24) is 0 Å². The molecule has 0 bridgehead atoms. The Kier molecular flexibility index (Phi) is 3.11. The Hall–Kier alpha value is -0.380. The van der Waals surface area contributed by atoms with Gasteiger partial charge in [0.05, 0.1) is 5.54 Å². The van der Waals surface area contributed by atoms with Crippen molar-refractivity contribution < 1.29 is 0 Å². The van der Waals surface area contributed by atoms with E-state index in [4.69, 9.17) is 11.5 Å². The summed E-state index contributed by atoms with van der Waals surface area (Å²) >= 11 is 3.43. The third-order valence-electron chi connectivity index (χ3n) is 2.46. The minimum Gasteiger partial charge on any atom is -0.322 e. The van der Waals surface area contributed by atoms with E-state index in [2.05, 4.69) is 22.5 Å². The van der Waals surface area contributed by atoms with Crippen molar-refractivity contribution >= 4 is 15.9 Å². The van der Waals surface area contributed by atoms with Crippen LogP contribution in [0.1, 0.15) is 13.3 Å². The lowest BCUT2D eigenvalue weighted by atomic mass is 9.81. The molecule has 0 saturated heterocycles. The zero-order valence-electron chi connectivity index (χ0n) is 7.76. The van der Waals surface area contributed by atoms with Gasteiger partial charge in [0.1, 0.15) is 0 Å². The normalized spacial score (nSPS) is 33.7. The molecule has 1 aliphatic carbocycles. The van der Waals surface area contributed by atoms with Crippen molar-refractivity contribution in [2.24, 2.45) is 11.5 Å². The molecule has 3 heteroatoms. The summed E-state index contributed by atoms with van der Waals surface area (Å²) in [5.41, 5.74) is 12.8. The Bertz CT molecular complexity index is 281. The molecule has 0 saturated carbocycles. The van der Waals surface area contributed by atoms with E-state index >= 15 is 0 Å². The van der Waals surface area contributed by atoms with E-state index in [-0.39, 0.29) is 6.04 Å². The SMILES string of the molecule is C=CCC1(N)C=CC(Br)=C(C)C1N. The maximum absolute atomic E-state index is 6.13. The molecule has 2 nitrogen and oxygen atoms in total. The highest BCUT2D eigenvalue weighted by atomic mass is 79.9. The van der Waals surface area contributed by atoms with E-state index in [1.807, 2.05) is 19.1 Å². The van der Waals surface area contributed by atoms with Crippen LogP contribution in [0.15, 0.2) is 34.9 Å². The van der Waals surface area contributed by atoms with Gasteiger partial charge in [0.25, 0.3) is 0 Å². The molecule has 0 aliphatic heterocycles. The minimum absolute atomic E-state index is 0.134. The van der Waals surface area contributed by atoms with Gasteiger partial charge in [-0.25, -0.2) is 0 Å². The van der Waals surface area contributed by atoms with Crippen LogP contribution in [0.2, 0.25) is 0 Å². The molecule has 0 aromatic rings. The lowest BCUT2D eigenvalue weighted by Crippen LogP contribution is -2.55. The summed E-state index contributed by atoms with van der Waals surface area (Å²) in [6.07, 6.45) is 6.40. The van der Waals surface area contributed by atoms with Crippen LogP contribution in [0.5, 0.6) is 0 Å². The molecule has 0 heterocycles. The van der Waals surface area contributed by atoms with Crippen molar-refractivity contribution in [1.29, 1.82) is 0 Å². The van der Waals surface area contributed by atoms with Crippen LogP contribution in [-0.4, -0.2) is 11.6 Å². The molecular formula is C10H15BrN2. The van der Waals surface area contributed by atoms with Crippen LogP contribution in [0.25, 0.3) is 0 Å². The van der Waals surface area contributed by atoms with E-state index in [0.29, 0.717) is 6.42 Å². The fraction of sp³-hybridized carbons (Fsp3) is 0.400. The number of hydrogen-bond acceptors (Lipinski definition) is 2. The Balaban J connectivity index is 2.97. The van der Waals surface area contributed by atoms with Gasteiger partial charge in [-0.1, -0.05) is 34.2 Å². The first kappa shape index (κ1) is 10.7. The summed E-state index contributed by atoms with van der Waals surface area (Å²) in [5, 5.41) is 0. The third kappa shape index (κ3) is 1.93. The molecule has 4 N–H and O–H groups in total. The van der Waals surface area contributed by atoms with Gasteiger partial charge in [-0.15, -0.1) is 6.58 Å². The van der Waals surface area contributed by atoms with Gasteiger partial charge in [-0.3, -0.25) is 0 Å². The van der Waals surface area contributed by atoms with Gasteiger partial charge in [-0.2, -0.15) is 0 Å². The molecular weight excluding hydrogens is 228 g/mol. The molecule has 0 spiro atoms. The van der Waals surface area contributed by atoms with Crippen molar-refractivity contribution in [3.05, 3.63) is 34.9 Å². The monoisotopic (exact) mass is 242 g/mol. The zero-order chi connectivity index (χ0) is 10.1. The number of nitrogens with two attached hydrogens (primary N) is 2. The number of rotatable bonds is 2. The highest BCUT2D eigenvalue weighted by molar-refractivity contribution is 9.11. The summed E-state index contributed by atoms with van der Waals surface area (Å²) < 4.78 is 1.03. The molecule has 0 radical (unpaired) electrons. The van der Waals surface area contributed by atoms with E-state index < -0.39 is 5.54 Å². The van der Waals surface area contributed by atoms with Gasteiger partial charge in [0, 0.05) is 10.5 Å². The predicted octanol–water partition coefficient (Wildman–Crippen LogP) is 1.83. The second kappa shape index (κ2) is 3.78. The van der Waals surface area contributed by atoms with Gasteiger partial charge in [0.15, 0.2) is 0 Å². The zero-order valence-corrected chi connectivity index (χ0v) is 9.34. The number of allylic oxidation sites excluding steroid dienone is 2. The van der Waals surface area contributed by atoms with Gasteiger partial charge in [0.2, 0.25) is 0 Å². The minimum atomic E-state index is -0.469. The van der Waals surface area contributed by atoms with Crippen LogP contribution >= 0.6 is 15.9 Å². The second-order valence-electron chi connectivity index (χ2n) is 3.45. The fourth-order valence-electron chi connectivity index (χ4n) is 1.46. The summed E-state index contributed by atoms with van der Waals surface area (Å²) in [5.74, 6) is 0. The van der Waals surface area contributed by atoms with Crippen molar-refractivity contribution in [3.63, 3.8) is 0 Å². The second-order valence-corrected chi connectivity index (χ2v) is 4.30. The lowest BCUT2D eigenvalue weighted by molar-refractivity contribution is 0.458. The summed E-state index contributed by atoms with van der Waals surface area (Å²) in [6.45, 7) is 5.67. The standard InChI is InChI=1S/C10H15BrN2/c1-3-5-10(13)6-4-8(11)7(2)9(10)12/h3-4,6,9H,1,5,12-13H2,2H3. The summed E-state index contributed by atoms with van der Waals surface area (Å²) in [6, 6.07) is -0.134. The molecule has 0 aromatic heterocycles. The van der Waals surface area contributed by atoms with E-state index in [1.165, 1.54) is 0 Å². The molecule has 0 fully saturated rings. The maximum Gasteiger partial charge on any atom is 0.0570 e. The maximum atomic E-state index is 6.13. The van der Waals surface area contributed by atoms with Crippen LogP contribution in [-0.2, 0) is 0 Å². The van der Waals surface area contributed by atoms with Crippen molar-refractivity contribution in [2.45, 2.75) is 24.9 Å². The Morgan fingerprint density at radius 1 is 1.77 bits per heavy atom. The van der Waals surface area contributed by atoms with E-state index in [9.17, 15) is 0 Å². The highest BCUT2D eigenvalue weighted by Gasteiger charge is 2.32. The Morgan fingerprint density at radius 2 is 2.38 bits per heavy atom. The van der Waals surface area contributed by atoms with Gasteiger partial charge >= 0.3 is 0 Å². The molecule has 13 heavy (non-hydrogen) atoms. The quantitative estimate of drug-likeness (QED) is 0.727. The van der Waals surface area contributed by atoms with Crippen LogP contribution in [0, 0.1) is 0 Å². The van der Waals surface area contributed by atoms with Crippen molar-refractivity contribution in [2.75, 3.05) is 0 Å². The molecule has 1 rings (SSSR count). The first-order valence-corrected chi connectivity index (χ1v) is 5.01. The van der Waals surface area contributed by atoms with Crippen LogP contribution in [0.3, 0.4) is 0 Å². The molecule has 2 atom stereocenters. The third-order valence-corrected chi connectivity index (χ3v) is 3.35. The van der Waals surface area contributed by atoms with Gasteiger partial charge in [-0.05, 0) is 18.9 Å². The highest BCUT2D eigenvalue weighted by Crippen LogP contribution is 2.29. The molecule has 1 aliphatic rings.